The van der Waals surface area contributed by atoms with Gasteiger partial charge in [-0.15, -0.1) is 0 Å². The number of aliphatic hydroxyl groups is 1. The molecule has 5 heteroatoms. The van der Waals surface area contributed by atoms with Crippen molar-refractivity contribution in [3.8, 4) is 22.9 Å². The molecule has 2 aromatic carbocycles. The minimum absolute atomic E-state index is 0.00912. The van der Waals surface area contributed by atoms with Crippen molar-refractivity contribution in [1.29, 1.82) is 5.26 Å². The predicted octanol–water partition coefficient (Wildman–Crippen LogP) is 3.12. The lowest BCUT2D eigenvalue weighted by molar-refractivity contribution is 0.282. The molecule has 2 heterocycles. The number of benzene rings is 2. The Hall–Kier alpha value is -3.10. The summed E-state index contributed by atoms with van der Waals surface area (Å²) in [5, 5.41) is 30.0. The lowest BCUT2D eigenvalue weighted by atomic mass is 9.97. The zero-order valence-electron chi connectivity index (χ0n) is 13.8. The number of hydrogen-bond donors (Lipinski definition) is 2. The van der Waals surface area contributed by atoms with Gasteiger partial charge in [0.1, 0.15) is 11.8 Å². The summed E-state index contributed by atoms with van der Waals surface area (Å²) in [5.74, 6) is 0.0287. The maximum Gasteiger partial charge on any atom is 0.143 e. The molecule has 0 spiro atoms. The lowest BCUT2D eigenvalue weighted by Crippen LogP contribution is -2.11. The van der Waals surface area contributed by atoms with Crippen LogP contribution in [0.3, 0.4) is 0 Å². The van der Waals surface area contributed by atoms with Crippen LogP contribution in [0.1, 0.15) is 22.4 Å². The fraction of sp³-hybridized carbons (Fsp3) is 0.200. The van der Waals surface area contributed by atoms with Crippen LogP contribution in [0, 0.1) is 18.3 Å². The molecule has 0 bridgehead atoms. The van der Waals surface area contributed by atoms with Gasteiger partial charge in [0.2, 0.25) is 0 Å². The Kier molecular flexibility index (Phi) is 3.56. The van der Waals surface area contributed by atoms with Gasteiger partial charge in [0.05, 0.1) is 29.9 Å². The normalized spacial score (nSPS) is 13.0. The molecule has 0 saturated carbocycles. The second-order valence-electron chi connectivity index (χ2n) is 6.21. The van der Waals surface area contributed by atoms with Crippen LogP contribution in [0.5, 0.6) is 5.75 Å². The van der Waals surface area contributed by atoms with Crippen molar-refractivity contribution in [2.45, 2.75) is 20.1 Å². The van der Waals surface area contributed by atoms with Gasteiger partial charge in [0, 0.05) is 23.7 Å². The van der Waals surface area contributed by atoms with Crippen molar-refractivity contribution >= 4 is 17.1 Å². The third-order valence-corrected chi connectivity index (χ3v) is 4.83. The maximum atomic E-state index is 10.6. The van der Waals surface area contributed by atoms with Crippen molar-refractivity contribution in [1.82, 2.24) is 4.57 Å². The second-order valence-corrected chi connectivity index (χ2v) is 6.21. The van der Waals surface area contributed by atoms with E-state index in [1.54, 1.807) is 6.07 Å². The molecule has 1 aliphatic rings. The van der Waals surface area contributed by atoms with E-state index in [9.17, 15) is 15.5 Å². The molecule has 2 N–H and O–H groups in total. The molecule has 5 nitrogen and oxygen atoms in total. The number of aliphatic hydroxyl groups excluding tert-OH is 1. The summed E-state index contributed by atoms with van der Waals surface area (Å²) in [5.41, 5.74) is 5.77. The van der Waals surface area contributed by atoms with Crippen LogP contribution in [0.4, 0.5) is 0 Å². The van der Waals surface area contributed by atoms with Gasteiger partial charge in [-0.3, -0.25) is 4.99 Å². The zero-order valence-corrected chi connectivity index (χ0v) is 13.8. The summed E-state index contributed by atoms with van der Waals surface area (Å²) >= 11 is 0. The number of aromatic hydroxyl groups is 1. The number of aryl methyl sites for hydroxylation is 1. The average molecular weight is 331 g/mol. The third kappa shape index (κ3) is 2.23. The highest BCUT2D eigenvalue weighted by atomic mass is 16.3. The van der Waals surface area contributed by atoms with Crippen molar-refractivity contribution in [3.05, 3.63) is 52.7 Å². The number of fused-ring (bicyclic) bond motifs is 3. The van der Waals surface area contributed by atoms with Crippen LogP contribution in [-0.4, -0.2) is 27.5 Å². The Morgan fingerprint density at radius 3 is 2.72 bits per heavy atom. The molecule has 0 fully saturated rings. The standard InChI is InChI=1S/C20H17N3O2/c1-12-17-10-22-6-7-23(17)19-16(8-15(9-21)20(25)18(12)19)14-4-2-13(11-24)3-5-14/h2-5,8,10,24-25H,6-7,11H2,1H3. The fourth-order valence-corrected chi connectivity index (χ4v) is 3.55. The first-order valence-corrected chi connectivity index (χ1v) is 8.14. The molecule has 0 unspecified atom stereocenters. The van der Waals surface area contributed by atoms with Gasteiger partial charge in [0.25, 0.3) is 0 Å². The third-order valence-electron chi connectivity index (χ3n) is 4.83. The molecule has 0 amide bonds. The summed E-state index contributed by atoms with van der Waals surface area (Å²) in [6, 6.07) is 11.4. The monoisotopic (exact) mass is 331 g/mol. The number of aromatic nitrogens is 1. The predicted molar refractivity (Wildman–Crippen MR) is 96.9 cm³/mol. The first kappa shape index (κ1) is 15.4. The number of rotatable bonds is 2. The summed E-state index contributed by atoms with van der Waals surface area (Å²) < 4.78 is 2.16. The number of aliphatic imine (C=N–C) groups is 1. The highest BCUT2D eigenvalue weighted by molar-refractivity contribution is 6.06. The summed E-state index contributed by atoms with van der Waals surface area (Å²) in [6.07, 6.45) is 1.84. The second kappa shape index (κ2) is 5.76. The van der Waals surface area contributed by atoms with E-state index in [0.717, 1.165) is 40.0 Å². The number of nitrogens with zero attached hydrogens (tertiary/aromatic N) is 3. The molecule has 4 rings (SSSR count). The van der Waals surface area contributed by atoms with E-state index in [1.165, 1.54) is 0 Å². The van der Waals surface area contributed by atoms with Gasteiger partial charge in [-0.05, 0) is 29.7 Å². The minimum Gasteiger partial charge on any atom is -0.506 e. The molecule has 0 aliphatic carbocycles. The zero-order chi connectivity index (χ0) is 17.6. The number of hydrogen-bond acceptors (Lipinski definition) is 4. The Balaban J connectivity index is 2.11. The molecular formula is C20H17N3O2. The van der Waals surface area contributed by atoms with Crippen LogP contribution in [0.25, 0.3) is 22.0 Å². The Morgan fingerprint density at radius 1 is 1.28 bits per heavy atom. The van der Waals surface area contributed by atoms with Gasteiger partial charge in [-0.1, -0.05) is 24.3 Å². The van der Waals surface area contributed by atoms with Crippen LogP contribution < -0.4 is 0 Å². The lowest BCUT2D eigenvalue weighted by Gasteiger charge is -2.14. The largest absolute Gasteiger partial charge is 0.506 e. The van der Waals surface area contributed by atoms with E-state index >= 15 is 0 Å². The maximum absolute atomic E-state index is 10.6. The average Bonchev–Trinajstić information content (AvgIpc) is 2.96. The van der Waals surface area contributed by atoms with E-state index in [-0.39, 0.29) is 17.9 Å². The van der Waals surface area contributed by atoms with Crippen LogP contribution in [0.15, 0.2) is 35.3 Å². The van der Waals surface area contributed by atoms with E-state index in [1.807, 2.05) is 37.4 Å². The minimum atomic E-state index is -0.00912. The molecule has 25 heavy (non-hydrogen) atoms. The molecule has 1 aromatic heterocycles. The summed E-state index contributed by atoms with van der Waals surface area (Å²) in [4.78, 5) is 4.35. The topological polar surface area (TPSA) is 81.5 Å². The first-order valence-electron chi connectivity index (χ1n) is 8.14. The molecular weight excluding hydrogens is 314 g/mol. The van der Waals surface area contributed by atoms with Crippen molar-refractivity contribution in [2.24, 2.45) is 4.99 Å². The van der Waals surface area contributed by atoms with E-state index < -0.39 is 0 Å². The molecule has 1 aliphatic heterocycles. The Morgan fingerprint density at radius 2 is 2.04 bits per heavy atom. The van der Waals surface area contributed by atoms with Gasteiger partial charge < -0.3 is 14.8 Å². The molecule has 0 saturated heterocycles. The van der Waals surface area contributed by atoms with E-state index in [0.29, 0.717) is 11.9 Å². The number of phenolic OH excluding ortho intramolecular Hbond substituents is 1. The van der Waals surface area contributed by atoms with Gasteiger partial charge in [0.15, 0.2) is 0 Å². The Labute approximate surface area is 145 Å². The van der Waals surface area contributed by atoms with E-state index in [4.69, 9.17) is 0 Å². The summed E-state index contributed by atoms with van der Waals surface area (Å²) in [7, 11) is 0. The highest BCUT2D eigenvalue weighted by Gasteiger charge is 2.23. The van der Waals surface area contributed by atoms with Gasteiger partial charge in [-0.25, -0.2) is 0 Å². The van der Waals surface area contributed by atoms with Crippen LogP contribution in [0.2, 0.25) is 0 Å². The SMILES string of the molecule is Cc1c2n(c3c(-c4ccc(CO)cc4)cc(C#N)c(O)c13)CCN=C2. The van der Waals surface area contributed by atoms with Crippen molar-refractivity contribution in [3.63, 3.8) is 0 Å². The first-order chi connectivity index (χ1) is 12.2. The van der Waals surface area contributed by atoms with Gasteiger partial charge >= 0.3 is 0 Å². The number of nitriles is 1. The quantitative estimate of drug-likeness (QED) is 0.757. The molecule has 124 valence electrons. The van der Waals surface area contributed by atoms with Crippen molar-refractivity contribution < 1.29 is 10.2 Å². The van der Waals surface area contributed by atoms with E-state index in [2.05, 4.69) is 15.6 Å². The van der Waals surface area contributed by atoms with Crippen molar-refractivity contribution in [2.75, 3.05) is 6.54 Å². The smallest absolute Gasteiger partial charge is 0.143 e. The number of phenols is 1. The Bertz CT molecular complexity index is 1050. The molecule has 3 aromatic rings. The van der Waals surface area contributed by atoms with Crippen LogP contribution >= 0.6 is 0 Å². The fourth-order valence-electron chi connectivity index (χ4n) is 3.55. The van der Waals surface area contributed by atoms with Gasteiger partial charge in [-0.2, -0.15) is 5.26 Å². The molecule has 0 radical (unpaired) electrons. The summed E-state index contributed by atoms with van der Waals surface area (Å²) in [6.45, 7) is 3.37. The highest BCUT2D eigenvalue weighted by Crippen LogP contribution is 2.41. The van der Waals surface area contributed by atoms with Crippen LogP contribution in [-0.2, 0) is 13.2 Å². The molecule has 0 atom stereocenters.